The van der Waals surface area contributed by atoms with Crippen molar-refractivity contribution >= 4 is 28.5 Å². The Hall–Kier alpha value is -2.82. The Morgan fingerprint density at radius 3 is 2.85 bits per heavy atom. The molecule has 0 aliphatic heterocycles. The molecule has 0 aliphatic carbocycles. The van der Waals surface area contributed by atoms with Crippen LogP contribution in [0.5, 0.6) is 0 Å². The molecule has 0 fully saturated rings. The second-order valence-corrected chi connectivity index (χ2v) is 4.43. The van der Waals surface area contributed by atoms with Crippen molar-refractivity contribution < 1.29 is 9.21 Å². The molecule has 100 valence electrons. The van der Waals surface area contributed by atoms with Crippen LogP contribution in [0.25, 0.3) is 11.1 Å². The molecule has 3 aromatic rings. The third-order valence-corrected chi connectivity index (χ3v) is 2.98. The number of oxazole rings is 1. The molecule has 1 heterocycles. The van der Waals surface area contributed by atoms with Crippen molar-refractivity contribution in [1.82, 2.24) is 4.98 Å². The van der Waals surface area contributed by atoms with Crippen LogP contribution in [0.2, 0.25) is 0 Å². The van der Waals surface area contributed by atoms with E-state index < -0.39 is 0 Å². The molecule has 0 saturated heterocycles. The molecule has 0 aliphatic rings. The summed E-state index contributed by atoms with van der Waals surface area (Å²) in [6.45, 7) is 1.94. The highest BCUT2D eigenvalue weighted by atomic mass is 16.3. The van der Waals surface area contributed by atoms with Crippen LogP contribution in [-0.4, -0.2) is 11.0 Å². The number of urea groups is 1. The summed E-state index contributed by atoms with van der Waals surface area (Å²) in [4.78, 5) is 16.0. The highest BCUT2D eigenvalue weighted by Gasteiger charge is 2.06. The van der Waals surface area contributed by atoms with Crippen molar-refractivity contribution in [3.8, 4) is 0 Å². The van der Waals surface area contributed by atoms with E-state index in [1.807, 2.05) is 31.2 Å². The summed E-state index contributed by atoms with van der Waals surface area (Å²) < 4.78 is 5.19. The molecule has 3 rings (SSSR count). The Morgan fingerprint density at radius 1 is 1.15 bits per heavy atom. The molecule has 0 atom stereocenters. The molecular formula is C15H13N3O2. The zero-order valence-electron chi connectivity index (χ0n) is 10.9. The maximum atomic E-state index is 11.9. The van der Waals surface area contributed by atoms with Gasteiger partial charge >= 0.3 is 6.03 Å². The minimum absolute atomic E-state index is 0.293. The molecule has 1 aromatic heterocycles. The molecule has 0 bridgehead atoms. The van der Waals surface area contributed by atoms with Gasteiger partial charge in [0.15, 0.2) is 12.0 Å². The van der Waals surface area contributed by atoms with E-state index in [0.717, 1.165) is 16.8 Å². The quantitative estimate of drug-likeness (QED) is 0.742. The Morgan fingerprint density at radius 2 is 2.00 bits per heavy atom. The monoisotopic (exact) mass is 267 g/mol. The fraction of sp³-hybridized carbons (Fsp3) is 0.0667. The summed E-state index contributed by atoms with van der Waals surface area (Å²) in [7, 11) is 0. The molecule has 2 aromatic carbocycles. The minimum Gasteiger partial charge on any atom is -0.443 e. The first-order valence-electron chi connectivity index (χ1n) is 6.19. The summed E-state index contributed by atoms with van der Waals surface area (Å²) in [5.74, 6) is 0. The van der Waals surface area contributed by atoms with Gasteiger partial charge in [0.05, 0.1) is 0 Å². The van der Waals surface area contributed by atoms with Crippen molar-refractivity contribution in [3.05, 3.63) is 54.4 Å². The molecule has 0 unspecified atom stereocenters. The van der Waals surface area contributed by atoms with E-state index in [2.05, 4.69) is 15.6 Å². The lowest BCUT2D eigenvalue weighted by molar-refractivity contribution is 0.262. The number of anilines is 2. The van der Waals surface area contributed by atoms with E-state index in [1.165, 1.54) is 6.39 Å². The summed E-state index contributed by atoms with van der Waals surface area (Å²) in [5.41, 5.74) is 3.84. The summed E-state index contributed by atoms with van der Waals surface area (Å²) in [6, 6.07) is 12.6. The Balaban J connectivity index is 1.74. The van der Waals surface area contributed by atoms with Crippen LogP contribution in [0.3, 0.4) is 0 Å². The fourth-order valence-corrected chi connectivity index (χ4v) is 1.93. The first-order chi connectivity index (χ1) is 9.72. The molecular weight excluding hydrogens is 254 g/mol. The molecule has 0 spiro atoms. The topological polar surface area (TPSA) is 67.2 Å². The summed E-state index contributed by atoms with van der Waals surface area (Å²) >= 11 is 0. The van der Waals surface area contributed by atoms with Crippen LogP contribution in [0.1, 0.15) is 5.56 Å². The highest BCUT2D eigenvalue weighted by Crippen LogP contribution is 2.18. The van der Waals surface area contributed by atoms with Gasteiger partial charge in [0, 0.05) is 17.4 Å². The molecule has 0 radical (unpaired) electrons. The number of benzene rings is 2. The van der Waals surface area contributed by atoms with Crippen LogP contribution < -0.4 is 10.6 Å². The number of para-hydroxylation sites is 1. The van der Waals surface area contributed by atoms with Crippen LogP contribution in [0, 0.1) is 6.92 Å². The van der Waals surface area contributed by atoms with Crippen LogP contribution in [0.4, 0.5) is 16.2 Å². The Kier molecular flexibility index (Phi) is 3.09. The van der Waals surface area contributed by atoms with Crippen molar-refractivity contribution in [2.75, 3.05) is 10.6 Å². The summed E-state index contributed by atoms with van der Waals surface area (Å²) in [5, 5.41) is 5.57. The van der Waals surface area contributed by atoms with E-state index >= 15 is 0 Å². The van der Waals surface area contributed by atoms with Gasteiger partial charge in [-0.1, -0.05) is 18.2 Å². The number of amides is 2. The number of rotatable bonds is 2. The molecule has 0 saturated carbocycles. The van der Waals surface area contributed by atoms with Gasteiger partial charge in [-0.3, -0.25) is 0 Å². The number of aryl methyl sites for hydroxylation is 1. The van der Waals surface area contributed by atoms with Crippen molar-refractivity contribution in [1.29, 1.82) is 0 Å². The van der Waals surface area contributed by atoms with Crippen LogP contribution in [0.15, 0.2) is 53.3 Å². The maximum Gasteiger partial charge on any atom is 0.323 e. The van der Waals surface area contributed by atoms with E-state index in [0.29, 0.717) is 11.3 Å². The second-order valence-electron chi connectivity index (χ2n) is 4.43. The lowest BCUT2D eigenvalue weighted by atomic mass is 10.2. The van der Waals surface area contributed by atoms with E-state index in [4.69, 9.17) is 4.42 Å². The minimum atomic E-state index is -0.293. The first kappa shape index (κ1) is 12.2. The van der Waals surface area contributed by atoms with Gasteiger partial charge in [0.2, 0.25) is 0 Å². The van der Waals surface area contributed by atoms with Crippen LogP contribution >= 0.6 is 0 Å². The predicted molar refractivity (Wildman–Crippen MR) is 77.8 cm³/mol. The van der Waals surface area contributed by atoms with Gasteiger partial charge in [0.1, 0.15) is 5.52 Å². The smallest absolute Gasteiger partial charge is 0.323 e. The number of carbonyl (C=O) groups is 1. The highest BCUT2D eigenvalue weighted by molar-refractivity contribution is 6.01. The number of hydrogen-bond donors (Lipinski definition) is 2. The molecule has 2 amide bonds. The third kappa shape index (κ3) is 2.47. The van der Waals surface area contributed by atoms with Gasteiger partial charge in [-0.15, -0.1) is 0 Å². The largest absolute Gasteiger partial charge is 0.443 e. The number of nitrogens with one attached hydrogen (secondary N) is 2. The van der Waals surface area contributed by atoms with E-state index in [1.54, 1.807) is 18.2 Å². The number of carbonyl (C=O) groups excluding carboxylic acids is 1. The maximum absolute atomic E-state index is 11.9. The fourth-order valence-electron chi connectivity index (χ4n) is 1.93. The first-order valence-corrected chi connectivity index (χ1v) is 6.19. The van der Waals surface area contributed by atoms with Crippen LogP contribution in [-0.2, 0) is 0 Å². The Labute approximate surface area is 115 Å². The van der Waals surface area contributed by atoms with Crippen molar-refractivity contribution in [3.63, 3.8) is 0 Å². The van der Waals surface area contributed by atoms with Gasteiger partial charge in [-0.25, -0.2) is 9.78 Å². The average molecular weight is 267 g/mol. The number of aromatic nitrogens is 1. The second kappa shape index (κ2) is 5.05. The van der Waals surface area contributed by atoms with Gasteiger partial charge in [-0.2, -0.15) is 0 Å². The normalized spacial score (nSPS) is 10.4. The number of fused-ring (bicyclic) bond motifs is 1. The van der Waals surface area contributed by atoms with Crippen molar-refractivity contribution in [2.24, 2.45) is 0 Å². The average Bonchev–Trinajstić information content (AvgIpc) is 2.89. The third-order valence-electron chi connectivity index (χ3n) is 2.98. The lowest BCUT2D eigenvalue weighted by Gasteiger charge is -2.09. The zero-order chi connectivity index (χ0) is 13.9. The van der Waals surface area contributed by atoms with Gasteiger partial charge in [-0.05, 0) is 30.7 Å². The summed E-state index contributed by atoms with van der Waals surface area (Å²) in [6.07, 6.45) is 1.38. The van der Waals surface area contributed by atoms with E-state index in [9.17, 15) is 4.79 Å². The van der Waals surface area contributed by atoms with Gasteiger partial charge in [0.25, 0.3) is 0 Å². The number of nitrogens with zero attached hydrogens (tertiary/aromatic N) is 1. The molecule has 5 heteroatoms. The van der Waals surface area contributed by atoms with Gasteiger partial charge < -0.3 is 15.1 Å². The molecule has 5 nitrogen and oxygen atoms in total. The molecule has 20 heavy (non-hydrogen) atoms. The van der Waals surface area contributed by atoms with E-state index in [-0.39, 0.29) is 6.03 Å². The Bertz CT molecular complexity index is 764. The molecule has 2 N–H and O–H groups in total. The van der Waals surface area contributed by atoms with Crippen molar-refractivity contribution in [2.45, 2.75) is 6.92 Å². The SMILES string of the molecule is Cc1ccccc1NC(=O)Nc1ccc2ncoc2c1. The number of hydrogen-bond acceptors (Lipinski definition) is 3. The predicted octanol–water partition coefficient (Wildman–Crippen LogP) is 3.78. The lowest BCUT2D eigenvalue weighted by Crippen LogP contribution is -2.19. The standard InChI is InChI=1S/C15H13N3O2/c1-10-4-2-3-5-12(10)18-15(19)17-11-6-7-13-14(8-11)20-9-16-13/h2-9H,1H3,(H2,17,18,19). The zero-order valence-corrected chi connectivity index (χ0v) is 10.9.